The summed E-state index contributed by atoms with van der Waals surface area (Å²) >= 11 is 1.63. The molecule has 2 N–H and O–H groups in total. The van der Waals surface area contributed by atoms with Crippen LogP contribution in [-0.2, 0) is 12.0 Å². The molecule has 31 heavy (non-hydrogen) atoms. The molecule has 1 aliphatic rings. The standard InChI is InChI=1S/C23H22N6OS/c1-23(2)13-30-22-26-18-20(24-10-9-14-12-25-16-7-4-3-6-15(14)16)27-19(17-8-5-11-31-17)28-21(18)29(22)23/h3-8,11-12,25H,9-10,13H2,1-2H3,(H,24,27,28). The van der Waals surface area contributed by atoms with E-state index in [1.165, 1.54) is 10.9 Å². The Balaban J connectivity index is 1.38. The molecular formula is C23H22N6OS. The minimum absolute atomic E-state index is 0.202. The zero-order chi connectivity index (χ0) is 21.0. The van der Waals surface area contributed by atoms with Crippen LogP contribution >= 0.6 is 11.3 Å². The number of ether oxygens (including phenoxy) is 1. The van der Waals surface area contributed by atoms with Crippen molar-refractivity contribution in [3.63, 3.8) is 0 Å². The van der Waals surface area contributed by atoms with Crippen LogP contribution in [0, 0.1) is 0 Å². The predicted octanol–water partition coefficient (Wildman–Crippen LogP) is 4.82. The molecule has 5 aromatic rings. The molecule has 6 rings (SSSR count). The van der Waals surface area contributed by atoms with Gasteiger partial charge in [-0.15, -0.1) is 11.3 Å². The summed E-state index contributed by atoms with van der Waals surface area (Å²) in [6.45, 7) is 5.61. The fourth-order valence-corrected chi connectivity index (χ4v) is 4.84. The summed E-state index contributed by atoms with van der Waals surface area (Å²) < 4.78 is 7.94. The number of H-pyrrole nitrogens is 1. The number of nitrogens with one attached hydrogen (secondary N) is 2. The molecule has 0 amide bonds. The predicted molar refractivity (Wildman–Crippen MR) is 124 cm³/mol. The molecule has 4 aromatic heterocycles. The van der Waals surface area contributed by atoms with Gasteiger partial charge >= 0.3 is 0 Å². The summed E-state index contributed by atoms with van der Waals surface area (Å²) in [5.74, 6) is 1.46. The van der Waals surface area contributed by atoms with Crippen molar-refractivity contribution in [1.82, 2.24) is 24.5 Å². The van der Waals surface area contributed by atoms with Crippen LogP contribution in [0.25, 0.3) is 32.8 Å². The fraction of sp³-hybridized carbons (Fsp3) is 0.261. The van der Waals surface area contributed by atoms with E-state index < -0.39 is 0 Å². The first-order valence-electron chi connectivity index (χ1n) is 10.4. The monoisotopic (exact) mass is 430 g/mol. The normalized spacial score (nSPS) is 14.8. The van der Waals surface area contributed by atoms with Crippen LogP contribution in [0.1, 0.15) is 19.4 Å². The lowest BCUT2D eigenvalue weighted by Crippen LogP contribution is -2.25. The van der Waals surface area contributed by atoms with E-state index in [1.807, 2.05) is 23.6 Å². The van der Waals surface area contributed by atoms with Gasteiger partial charge in [0.05, 0.1) is 10.4 Å². The Labute approximate surface area is 183 Å². The highest BCUT2D eigenvalue weighted by atomic mass is 32.1. The number of hydrogen-bond acceptors (Lipinski definition) is 6. The van der Waals surface area contributed by atoms with Crippen molar-refractivity contribution in [1.29, 1.82) is 0 Å². The van der Waals surface area contributed by atoms with Crippen LogP contribution < -0.4 is 10.1 Å². The summed E-state index contributed by atoms with van der Waals surface area (Å²) in [5.41, 5.74) is 3.80. The Morgan fingerprint density at radius 2 is 2.06 bits per heavy atom. The molecule has 7 nitrogen and oxygen atoms in total. The molecule has 0 bridgehead atoms. The second-order valence-electron chi connectivity index (χ2n) is 8.41. The summed E-state index contributed by atoms with van der Waals surface area (Å²) in [5, 5.41) is 6.82. The van der Waals surface area contributed by atoms with Crippen molar-refractivity contribution in [3.05, 3.63) is 53.5 Å². The molecule has 0 saturated heterocycles. The average Bonchev–Trinajstić information content (AvgIpc) is 3.53. The number of aromatic nitrogens is 5. The van der Waals surface area contributed by atoms with Gasteiger partial charge in [0, 0.05) is 23.6 Å². The van der Waals surface area contributed by atoms with E-state index in [9.17, 15) is 0 Å². The minimum atomic E-state index is -0.202. The third kappa shape index (κ3) is 2.97. The van der Waals surface area contributed by atoms with E-state index in [1.54, 1.807) is 11.3 Å². The minimum Gasteiger partial charge on any atom is -0.462 e. The maximum Gasteiger partial charge on any atom is 0.299 e. The maximum absolute atomic E-state index is 5.85. The second-order valence-corrected chi connectivity index (χ2v) is 9.36. The smallest absolute Gasteiger partial charge is 0.299 e. The van der Waals surface area contributed by atoms with Crippen LogP contribution in [0.15, 0.2) is 48.0 Å². The zero-order valence-electron chi connectivity index (χ0n) is 17.3. The first kappa shape index (κ1) is 18.4. The van der Waals surface area contributed by atoms with E-state index in [0.717, 1.165) is 40.3 Å². The SMILES string of the molecule is CC1(C)COc2nc3c(NCCc4c[nH]c5ccccc45)nc(-c4cccs4)nc3n21. The van der Waals surface area contributed by atoms with E-state index in [0.29, 0.717) is 18.4 Å². The highest BCUT2D eigenvalue weighted by Gasteiger charge is 2.36. The van der Waals surface area contributed by atoms with Gasteiger partial charge in [-0.1, -0.05) is 24.3 Å². The second kappa shape index (κ2) is 6.81. The van der Waals surface area contributed by atoms with Crippen LogP contribution in [0.5, 0.6) is 6.01 Å². The molecule has 1 aromatic carbocycles. The average molecular weight is 431 g/mol. The quantitative estimate of drug-likeness (QED) is 0.418. The third-order valence-corrected chi connectivity index (χ3v) is 6.61. The third-order valence-electron chi connectivity index (χ3n) is 5.74. The Hall–Kier alpha value is -3.39. The fourth-order valence-electron chi connectivity index (χ4n) is 4.18. The highest BCUT2D eigenvalue weighted by molar-refractivity contribution is 7.13. The van der Waals surface area contributed by atoms with Gasteiger partial charge in [0.25, 0.3) is 6.01 Å². The molecule has 0 spiro atoms. The Morgan fingerprint density at radius 3 is 2.94 bits per heavy atom. The Bertz CT molecular complexity index is 1400. The van der Waals surface area contributed by atoms with Crippen molar-refractivity contribution in [3.8, 4) is 16.7 Å². The van der Waals surface area contributed by atoms with E-state index in [2.05, 4.69) is 53.1 Å². The van der Waals surface area contributed by atoms with E-state index in [4.69, 9.17) is 19.7 Å². The molecule has 156 valence electrons. The number of benzene rings is 1. The maximum atomic E-state index is 5.85. The van der Waals surface area contributed by atoms with Gasteiger partial charge in [-0.25, -0.2) is 9.97 Å². The number of nitrogens with zero attached hydrogens (tertiary/aromatic N) is 4. The van der Waals surface area contributed by atoms with Crippen LogP contribution in [0.4, 0.5) is 5.82 Å². The first-order chi connectivity index (χ1) is 15.1. The van der Waals surface area contributed by atoms with Crippen LogP contribution in [0.3, 0.4) is 0 Å². The first-order valence-corrected chi connectivity index (χ1v) is 11.2. The molecule has 0 aliphatic carbocycles. The van der Waals surface area contributed by atoms with Crippen molar-refractivity contribution < 1.29 is 4.74 Å². The molecule has 5 heterocycles. The van der Waals surface area contributed by atoms with E-state index in [-0.39, 0.29) is 5.54 Å². The number of anilines is 1. The molecule has 0 unspecified atom stereocenters. The number of hydrogen-bond donors (Lipinski definition) is 2. The lowest BCUT2D eigenvalue weighted by molar-refractivity contribution is 0.268. The molecule has 0 atom stereocenters. The zero-order valence-corrected chi connectivity index (χ0v) is 18.2. The topological polar surface area (TPSA) is 80.7 Å². The number of aromatic amines is 1. The lowest BCUT2D eigenvalue weighted by atomic mass is 10.1. The van der Waals surface area contributed by atoms with Crippen molar-refractivity contribution in [2.45, 2.75) is 25.8 Å². The van der Waals surface area contributed by atoms with E-state index >= 15 is 0 Å². The number of thiophene rings is 1. The molecule has 0 radical (unpaired) electrons. The largest absolute Gasteiger partial charge is 0.462 e. The Morgan fingerprint density at radius 1 is 1.16 bits per heavy atom. The summed E-state index contributed by atoms with van der Waals surface area (Å²) in [7, 11) is 0. The van der Waals surface area contributed by atoms with Gasteiger partial charge in [0.1, 0.15) is 6.61 Å². The van der Waals surface area contributed by atoms with Crippen molar-refractivity contribution in [2.75, 3.05) is 18.5 Å². The summed E-state index contributed by atoms with van der Waals surface area (Å²) in [6, 6.07) is 13.0. The number of fused-ring (bicyclic) bond motifs is 4. The van der Waals surface area contributed by atoms with Gasteiger partial charge in [-0.2, -0.15) is 4.98 Å². The number of imidazole rings is 1. The van der Waals surface area contributed by atoms with Gasteiger partial charge in [-0.3, -0.25) is 4.57 Å². The van der Waals surface area contributed by atoms with Crippen molar-refractivity contribution in [2.24, 2.45) is 0 Å². The van der Waals surface area contributed by atoms with Gasteiger partial charge in [-0.05, 0) is 43.3 Å². The van der Waals surface area contributed by atoms with Gasteiger partial charge in [0.2, 0.25) is 0 Å². The molecule has 0 saturated carbocycles. The van der Waals surface area contributed by atoms with Gasteiger partial charge < -0.3 is 15.0 Å². The molecule has 0 fully saturated rings. The van der Waals surface area contributed by atoms with Crippen LogP contribution in [0.2, 0.25) is 0 Å². The highest BCUT2D eigenvalue weighted by Crippen LogP contribution is 2.37. The molecule has 1 aliphatic heterocycles. The Kier molecular flexibility index (Phi) is 4.04. The van der Waals surface area contributed by atoms with Gasteiger partial charge in [0.15, 0.2) is 22.8 Å². The van der Waals surface area contributed by atoms with Crippen molar-refractivity contribution >= 4 is 39.2 Å². The molecular weight excluding hydrogens is 408 g/mol. The number of rotatable bonds is 5. The summed E-state index contributed by atoms with van der Waals surface area (Å²) in [4.78, 5) is 18.8. The number of para-hydroxylation sites is 1. The lowest BCUT2D eigenvalue weighted by Gasteiger charge is -2.18. The van der Waals surface area contributed by atoms with Crippen LogP contribution in [-0.4, -0.2) is 37.7 Å². The summed E-state index contributed by atoms with van der Waals surface area (Å²) in [6.07, 6.45) is 2.96. The molecule has 8 heteroatoms.